The topological polar surface area (TPSA) is 110 Å². The average molecular weight is 354 g/mol. The van der Waals surface area contributed by atoms with Gasteiger partial charge in [0.1, 0.15) is 11.4 Å². The molecule has 2 rings (SSSR count). The number of nitrogens with one attached hydrogen (secondary N) is 1. The number of rotatable bonds is 4. The van der Waals surface area contributed by atoms with Crippen LogP contribution in [-0.4, -0.2) is 21.9 Å². The number of benzene rings is 2. The van der Waals surface area contributed by atoms with E-state index >= 15 is 0 Å². The van der Waals surface area contributed by atoms with Crippen LogP contribution in [0.15, 0.2) is 24.3 Å². The number of carboxylic acid groups (broad SMARTS) is 1. The highest BCUT2D eigenvalue weighted by molar-refractivity contribution is 6.12. The Bertz CT molecular complexity index is 915. The predicted octanol–water partition coefficient (Wildman–Crippen LogP) is 3.27. The number of hydrogen-bond donors (Lipinski definition) is 2. The highest BCUT2D eigenvalue weighted by Crippen LogP contribution is 2.26. The van der Waals surface area contributed by atoms with Crippen LogP contribution >= 0.6 is 0 Å². The number of aromatic carboxylic acids is 1. The Morgan fingerprint density at radius 3 is 2.40 bits per heavy atom. The van der Waals surface area contributed by atoms with E-state index < -0.39 is 62.3 Å². The van der Waals surface area contributed by atoms with Crippen molar-refractivity contribution < 1.29 is 32.8 Å². The first-order valence-corrected chi connectivity index (χ1v) is 6.61. The molecule has 2 N–H and O–H groups in total. The molecule has 10 heteroatoms. The number of nitro groups is 1. The number of anilines is 1. The van der Waals surface area contributed by atoms with Crippen LogP contribution < -0.4 is 5.32 Å². The Labute approximate surface area is 137 Å². The van der Waals surface area contributed by atoms with Gasteiger partial charge in [-0.05, 0) is 13.0 Å². The second-order valence-corrected chi connectivity index (χ2v) is 4.88. The second-order valence-electron chi connectivity index (χ2n) is 4.88. The standard InChI is InChI=1S/C15H9F3N2O5/c1-6-8(16)5-9(13(18)12(6)17)19-14(21)7-3-2-4-10(20(24)25)11(7)15(22)23/h2-5H,1H3,(H,19,21)(H,22,23). The van der Waals surface area contributed by atoms with Crippen molar-refractivity contribution in [3.05, 3.63) is 68.5 Å². The van der Waals surface area contributed by atoms with E-state index in [-0.39, 0.29) is 0 Å². The monoisotopic (exact) mass is 354 g/mol. The quantitative estimate of drug-likeness (QED) is 0.497. The number of amides is 1. The lowest BCUT2D eigenvalue weighted by Crippen LogP contribution is -2.19. The van der Waals surface area contributed by atoms with E-state index in [4.69, 9.17) is 5.11 Å². The minimum absolute atomic E-state index is 0.517. The molecule has 0 aliphatic carbocycles. The second kappa shape index (κ2) is 6.59. The molecule has 2 aromatic carbocycles. The van der Waals surface area contributed by atoms with E-state index in [1.165, 1.54) is 0 Å². The first-order valence-electron chi connectivity index (χ1n) is 6.61. The fourth-order valence-electron chi connectivity index (χ4n) is 2.07. The van der Waals surface area contributed by atoms with Crippen molar-refractivity contribution in [3.8, 4) is 0 Å². The van der Waals surface area contributed by atoms with Gasteiger partial charge in [-0.15, -0.1) is 0 Å². The van der Waals surface area contributed by atoms with Gasteiger partial charge in [-0.2, -0.15) is 0 Å². The summed E-state index contributed by atoms with van der Waals surface area (Å²) in [4.78, 5) is 33.3. The molecule has 0 heterocycles. The zero-order valence-corrected chi connectivity index (χ0v) is 12.5. The molecule has 2 aromatic rings. The fraction of sp³-hybridized carbons (Fsp3) is 0.0667. The number of hydrogen-bond acceptors (Lipinski definition) is 4. The van der Waals surface area contributed by atoms with E-state index in [0.717, 1.165) is 25.1 Å². The average Bonchev–Trinajstić information content (AvgIpc) is 2.56. The van der Waals surface area contributed by atoms with Gasteiger partial charge in [-0.25, -0.2) is 18.0 Å². The van der Waals surface area contributed by atoms with Gasteiger partial charge in [0.15, 0.2) is 11.6 Å². The first-order chi connectivity index (χ1) is 11.6. The van der Waals surface area contributed by atoms with E-state index in [2.05, 4.69) is 0 Å². The highest BCUT2D eigenvalue weighted by atomic mass is 19.2. The summed E-state index contributed by atoms with van der Waals surface area (Å²) in [5, 5.41) is 21.8. The first kappa shape index (κ1) is 17.9. The molecule has 0 bridgehead atoms. The molecule has 25 heavy (non-hydrogen) atoms. The predicted molar refractivity (Wildman–Crippen MR) is 79.1 cm³/mol. The number of carboxylic acids is 1. The maximum atomic E-state index is 13.8. The number of nitro benzene ring substituents is 1. The largest absolute Gasteiger partial charge is 0.477 e. The van der Waals surface area contributed by atoms with Gasteiger partial charge in [0.2, 0.25) is 0 Å². The zero-order valence-electron chi connectivity index (χ0n) is 12.5. The van der Waals surface area contributed by atoms with Crippen molar-refractivity contribution in [3.63, 3.8) is 0 Å². The molecule has 0 saturated carbocycles. The van der Waals surface area contributed by atoms with Gasteiger partial charge in [0, 0.05) is 17.7 Å². The molecular formula is C15H9F3N2O5. The maximum absolute atomic E-state index is 13.8. The fourth-order valence-corrected chi connectivity index (χ4v) is 2.07. The van der Waals surface area contributed by atoms with Crippen molar-refractivity contribution in [1.82, 2.24) is 0 Å². The van der Waals surface area contributed by atoms with Crippen molar-refractivity contribution in [2.75, 3.05) is 5.32 Å². The normalized spacial score (nSPS) is 10.4. The number of carbonyl (C=O) groups is 2. The van der Waals surface area contributed by atoms with E-state index in [1.54, 1.807) is 0 Å². The molecule has 0 aliphatic rings. The Kier molecular flexibility index (Phi) is 4.72. The van der Waals surface area contributed by atoms with Crippen LogP contribution in [-0.2, 0) is 0 Å². The van der Waals surface area contributed by atoms with Crippen LogP contribution in [0.5, 0.6) is 0 Å². The van der Waals surface area contributed by atoms with Crippen molar-refractivity contribution in [1.29, 1.82) is 0 Å². The molecule has 1 amide bonds. The summed E-state index contributed by atoms with van der Waals surface area (Å²) in [6.07, 6.45) is 0. The van der Waals surface area contributed by atoms with Crippen LogP contribution in [0.4, 0.5) is 24.5 Å². The Balaban J connectivity index is 2.52. The van der Waals surface area contributed by atoms with Crippen molar-refractivity contribution in [2.24, 2.45) is 0 Å². The van der Waals surface area contributed by atoms with Crippen molar-refractivity contribution in [2.45, 2.75) is 6.92 Å². The van der Waals surface area contributed by atoms with Gasteiger partial charge in [0.25, 0.3) is 11.6 Å². The van der Waals surface area contributed by atoms with Gasteiger partial charge in [-0.3, -0.25) is 14.9 Å². The summed E-state index contributed by atoms with van der Waals surface area (Å²) in [5.74, 6) is -7.24. The minimum atomic E-state index is -1.76. The summed E-state index contributed by atoms with van der Waals surface area (Å²) in [6, 6.07) is 3.38. The van der Waals surface area contributed by atoms with Crippen molar-refractivity contribution >= 4 is 23.3 Å². The zero-order chi connectivity index (χ0) is 18.9. The number of halogens is 3. The van der Waals surface area contributed by atoms with Crippen LogP contribution in [0.3, 0.4) is 0 Å². The van der Waals surface area contributed by atoms with Gasteiger partial charge in [0.05, 0.1) is 16.2 Å². The summed E-state index contributed by atoms with van der Waals surface area (Å²) in [6.45, 7) is 0.989. The summed E-state index contributed by atoms with van der Waals surface area (Å²) < 4.78 is 40.8. The lowest BCUT2D eigenvalue weighted by molar-refractivity contribution is -0.385. The van der Waals surface area contributed by atoms with E-state index in [1.807, 2.05) is 5.32 Å². The molecular weight excluding hydrogens is 345 g/mol. The lowest BCUT2D eigenvalue weighted by atomic mass is 10.0. The number of nitrogens with zero attached hydrogens (tertiary/aromatic N) is 1. The molecule has 0 aromatic heterocycles. The molecule has 130 valence electrons. The molecule has 7 nitrogen and oxygen atoms in total. The highest BCUT2D eigenvalue weighted by Gasteiger charge is 2.28. The Hall–Kier alpha value is -3.43. The minimum Gasteiger partial charge on any atom is -0.477 e. The maximum Gasteiger partial charge on any atom is 0.343 e. The summed E-state index contributed by atoms with van der Waals surface area (Å²) >= 11 is 0. The number of carbonyl (C=O) groups excluding carboxylic acids is 1. The molecule has 0 radical (unpaired) electrons. The van der Waals surface area contributed by atoms with Crippen LogP contribution in [0.1, 0.15) is 26.3 Å². The van der Waals surface area contributed by atoms with Crippen LogP contribution in [0, 0.1) is 34.5 Å². The van der Waals surface area contributed by atoms with Crippen LogP contribution in [0.25, 0.3) is 0 Å². The third-order valence-electron chi connectivity index (χ3n) is 3.33. The van der Waals surface area contributed by atoms with Gasteiger partial charge < -0.3 is 10.4 Å². The molecule has 0 unspecified atom stereocenters. The summed E-state index contributed by atoms with van der Waals surface area (Å²) in [5.41, 5.74) is -3.92. The summed E-state index contributed by atoms with van der Waals surface area (Å²) in [7, 11) is 0. The third kappa shape index (κ3) is 3.27. The molecule has 0 spiro atoms. The SMILES string of the molecule is Cc1c(F)cc(NC(=O)c2cccc([N+](=O)[O-])c2C(=O)O)c(F)c1F. The Morgan fingerprint density at radius 1 is 1.20 bits per heavy atom. The Morgan fingerprint density at radius 2 is 1.84 bits per heavy atom. The van der Waals surface area contributed by atoms with E-state index in [9.17, 15) is 32.9 Å². The molecule has 0 saturated heterocycles. The van der Waals surface area contributed by atoms with E-state index in [0.29, 0.717) is 6.07 Å². The lowest BCUT2D eigenvalue weighted by Gasteiger charge is -2.11. The molecule has 0 atom stereocenters. The van der Waals surface area contributed by atoms with Gasteiger partial charge >= 0.3 is 5.97 Å². The third-order valence-corrected chi connectivity index (χ3v) is 3.33. The van der Waals surface area contributed by atoms with Crippen LogP contribution in [0.2, 0.25) is 0 Å². The molecule has 0 aliphatic heterocycles. The smallest absolute Gasteiger partial charge is 0.343 e. The van der Waals surface area contributed by atoms with Gasteiger partial charge in [-0.1, -0.05) is 6.07 Å². The molecule has 0 fully saturated rings.